The molecule has 108 valence electrons. The molecule has 2 aromatic carbocycles. The summed E-state index contributed by atoms with van der Waals surface area (Å²) in [5, 5.41) is 15.1. The monoisotopic (exact) mass is 293 g/mol. The Labute approximate surface area is 125 Å². The van der Waals surface area contributed by atoms with Gasteiger partial charge in [0.1, 0.15) is 5.69 Å². The first-order valence-electron chi connectivity index (χ1n) is 6.54. The summed E-state index contributed by atoms with van der Waals surface area (Å²) >= 11 is 0. The number of benzene rings is 2. The van der Waals surface area contributed by atoms with Crippen LogP contribution in [0.5, 0.6) is 0 Å². The van der Waals surface area contributed by atoms with Crippen LogP contribution in [0, 0.1) is 10.1 Å². The van der Waals surface area contributed by atoms with Gasteiger partial charge in [-0.2, -0.15) is 5.10 Å². The summed E-state index contributed by atoms with van der Waals surface area (Å²) in [4.78, 5) is 21.5. The second-order valence-corrected chi connectivity index (χ2v) is 4.64. The van der Waals surface area contributed by atoms with E-state index in [1.807, 2.05) is 30.3 Å². The van der Waals surface area contributed by atoms with E-state index in [9.17, 15) is 14.9 Å². The van der Waals surface area contributed by atoms with E-state index in [1.165, 1.54) is 16.8 Å². The third-order valence-corrected chi connectivity index (χ3v) is 3.24. The normalized spacial score (nSPS) is 10.4. The fraction of sp³-hybridized carbons (Fsp3) is 0. The zero-order chi connectivity index (χ0) is 15.5. The van der Waals surface area contributed by atoms with Gasteiger partial charge in [0.05, 0.1) is 16.2 Å². The summed E-state index contributed by atoms with van der Waals surface area (Å²) in [5.74, 6) is 0. The minimum Gasteiger partial charge on any atom is -0.298 e. The van der Waals surface area contributed by atoms with Crippen molar-refractivity contribution in [2.24, 2.45) is 0 Å². The molecule has 22 heavy (non-hydrogen) atoms. The lowest BCUT2D eigenvalue weighted by Crippen LogP contribution is -1.95. The molecule has 0 fully saturated rings. The molecule has 0 spiro atoms. The van der Waals surface area contributed by atoms with Crippen LogP contribution in [-0.4, -0.2) is 21.0 Å². The molecule has 0 saturated carbocycles. The van der Waals surface area contributed by atoms with Crippen molar-refractivity contribution in [3.63, 3.8) is 0 Å². The Morgan fingerprint density at radius 3 is 2.32 bits per heavy atom. The molecule has 3 aromatic rings. The molecule has 0 amide bonds. The predicted molar refractivity (Wildman–Crippen MR) is 81.0 cm³/mol. The number of hydrogen-bond donors (Lipinski definition) is 0. The third-order valence-electron chi connectivity index (χ3n) is 3.24. The highest BCUT2D eigenvalue weighted by Gasteiger charge is 2.12. The fourth-order valence-electron chi connectivity index (χ4n) is 2.15. The lowest BCUT2D eigenvalue weighted by Gasteiger charge is -2.00. The number of carbonyl (C=O) groups is 1. The zero-order valence-corrected chi connectivity index (χ0v) is 11.4. The van der Waals surface area contributed by atoms with Gasteiger partial charge >= 0.3 is 0 Å². The van der Waals surface area contributed by atoms with Gasteiger partial charge in [-0.15, -0.1) is 0 Å². The summed E-state index contributed by atoms with van der Waals surface area (Å²) in [6, 6.07) is 15.4. The Hall–Kier alpha value is -3.28. The van der Waals surface area contributed by atoms with Crippen molar-refractivity contribution < 1.29 is 9.72 Å². The van der Waals surface area contributed by atoms with Gasteiger partial charge in [-0.05, 0) is 12.1 Å². The molecule has 0 atom stereocenters. The van der Waals surface area contributed by atoms with Gasteiger partial charge in [0, 0.05) is 23.9 Å². The summed E-state index contributed by atoms with van der Waals surface area (Å²) in [5.41, 5.74) is 2.54. The maximum absolute atomic E-state index is 11.2. The summed E-state index contributed by atoms with van der Waals surface area (Å²) < 4.78 is 1.54. The third kappa shape index (κ3) is 2.49. The molecule has 0 saturated heterocycles. The van der Waals surface area contributed by atoms with Gasteiger partial charge in [-0.3, -0.25) is 14.9 Å². The van der Waals surface area contributed by atoms with E-state index in [0.717, 1.165) is 11.8 Å². The van der Waals surface area contributed by atoms with Gasteiger partial charge < -0.3 is 0 Å². The summed E-state index contributed by atoms with van der Waals surface area (Å²) in [6.07, 6.45) is 2.35. The number of hydrogen-bond acceptors (Lipinski definition) is 4. The second-order valence-electron chi connectivity index (χ2n) is 4.64. The molecule has 1 heterocycles. The standard InChI is InChI=1S/C16H11N3O3/c20-11-13-10-18(14-6-8-15(9-7-14)19(21)22)17-16(13)12-4-2-1-3-5-12/h1-11H. The lowest BCUT2D eigenvalue weighted by atomic mass is 10.1. The van der Waals surface area contributed by atoms with Crippen molar-refractivity contribution in [3.05, 3.63) is 76.5 Å². The Kier molecular flexibility index (Phi) is 3.49. The van der Waals surface area contributed by atoms with Crippen LogP contribution in [0.3, 0.4) is 0 Å². The molecule has 6 nitrogen and oxygen atoms in total. The molecule has 0 N–H and O–H groups in total. The molecule has 0 aliphatic carbocycles. The SMILES string of the molecule is O=Cc1cn(-c2ccc([N+](=O)[O-])cc2)nc1-c1ccccc1. The average molecular weight is 293 g/mol. The van der Waals surface area contributed by atoms with E-state index >= 15 is 0 Å². The highest BCUT2D eigenvalue weighted by Crippen LogP contribution is 2.23. The molecule has 3 rings (SSSR count). The van der Waals surface area contributed by atoms with Crippen LogP contribution in [0.1, 0.15) is 10.4 Å². The highest BCUT2D eigenvalue weighted by molar-refractivity contribution is 5.85. The second kappa shape index (κ2) is 5.61. The molecule has 0 aliphatic rings. The molecular formula is C16H11N3O3. The smallest absolute Gasteiger partial charge is 0.269 e. The van der Waals surface area contributed by atoms with Crippen molar-refractivity contribution in [1.29, 1.82) is 0 Å². The quantitative estimate of drug-likeness (QED) is 0.420. The van der Waals surface area contributed by atoms with E-state index in [1.54, 1.807) is 18.3 Å². The van der Waals surface area contributed by atoms with E-state index in [-0.39, 0.29) is 5.69 Å². The van der Waals surface area contributed by atoms with E-state index in [2.05, 4.69) is 5.10 Å². The van der Waals surface area contributed by atoms with Crippen LogP contribution in [-0.2, 0) is 0 Å². The van der Waals surface area contributed by atoms with Crippen molar-refractivity contribution in [2.45, 2.75) is 0 Å². The molecule has 6 heteroatoms. The molecule has 0 aliphatic heterocycles. The zero-order valence-electron chi connectivity index (χ0n) is 11.4. The van der Waals surface area contributed by atoms with E-state index in [0.29, 0.717) is 16.9 Å². The fourth-order valence-corrected chi connectivity index (χ4v) is 2.15. The van der Waals surface area contributed by atoms with Crippen LogP contribution in [0.2, 0.25) is 0 Å². The first-order chi connectivity index (χ1) is 10.7. The van der Waals surface area contributed by atoms with Crippen molar-refractivity contribution in [3.8, 4) is 16.9 Å². The van der Waals surface area contributed by atoms with Crippen LogP contribution in [0.25, 0.3) is 16.9 Å². The van der Waals surface area contributed by atoms with Gasteiger partial charge in [-0.1, -0.05) is 30.3 Å². The van der Waals surface area contributed by atoms with Crippen molar-refractivity contribution in [2.75, 3.05) is 0 Å². The predicted octanol–water partition coefficient (Wildman–Crippen LogP) is 3.26. The van der Waals surface area contributed by atoms with Crippen molar-refractivity contribution >= 4 is 12.0 Å². The maximum Gasteiger partial charge on any atom is 0.269 e. The highest BCUT2D eigenvalue weighted by atomic mass is 16.6. The van der Waals surface area contributed by atoms with Gasteiger partial charge in [0.25, 0.3) is 5.69 Å². The number of rotatable bonds is 4. The Morgan fingerprint density at radius 1 is 1.05 bits per heavy atom. The van der Waals surface area contributed by atoms with E-state index in [4.69, 9.17) is 0 Å². The van der Waals surface area contributed by atoms with Gasteiger partial charge in [0.15, 0.2) is 6.29 Å². The number of nitro groups is 1. The molecule has 0 bridgehead atoms. The molecular weight excluding hydrogens is 282 g/mol. The lowest BCUT2D eigenvalue weighted by molar-refractivity contribution is -0.384. The number of non-ortho nitro benzene ring substituents is 1. The molecule has 1 aromatic heterocycles. The van der Waals surface area contributed by atoms with Crippen LogP contribution < -0.4 is 0 Å². The Morgan fingerprint density at radius 2 is 1.73 bits per heavy atom. The van der Waals surface area contributed by atoms with Crippen LogP contribution >= 0.6 is 0 Å². The first-order valence-corrected chi connectivity index (χ1v) is 6.54. The van der Waals surface area contributed by atoms with Gasteiger partial charge in [0.2, 0.25) is 0 Å². The van der Waals surface area contributed by atoms with Gasteiger partial charge in [-0.25, -0.2) is 4.68 Å². The molecule has 0 radical (unpaired) electrons. The minimum absolute atomic E-state index is 0.00907. The number of nitro benzene ring substituents is 1. The molecule has 0 unspecified atom stereocenters. The first kappa shape index (κ1) is 13.7. The summed E-state index contributed by atoms with van der Waals surface area (Å²) in [7, 11) is 0. The number of nitrogens with zero attached hydrogens (tertiary/aromatic N) is 3. The Bertz CT molecular complexity index is 824. The number of carbonyl (C=O) groups excluding carboxylic acids is 1. The maximum atomic E-state index is 11.2. The van der Waals surface area contributed by atoms with Crippen LogP contribution in [0.4, 0.5) is 5.69 Å². The minimum atomic E-state index is -0.459. The number of aromatic nitrogens is 2. The number of aldehydes is 1. The topological polar surface area (TPSA) is 78.0 Å². The van der Waals surface area contributed by atoms with E-state index < -0.39 is 4.92 Å². The average Bonchev–Trinajstić information content (AvgIpc) is 3.00. The summed E-state index contributed by atoms with van der Waals surface area (Å²) in [6.45, 7) is 0. The van der Waals surface area contributed by atoms with Crippen LogP contribution in [0.15, 0.2) is 60.8 Å². The van der Waals surface area contributed by atoms with Crippen molar-refractivity contribution in [1.82, 2.24) is 9.78 Å². The largest absolute Gasteiger partial charge is 0.298 e. The Balaban J connectivity index is 2.04.